The fourth-order valence-electron chi connectivity index (χ4n) is 2.10. The SMILES string of the molecule is CC(=O)Nc1ccc2nc(-c3cc(F)ccc3F)[nH]c2c1. The Morgan fingerprint density at radius 3 is 2.76 bits per heavy atom. The maximum Gasteiger partial charge on any atom is 0.221 e. The number of fused-ring (bicyclic) bond motifs is 1. The second kappa shape index (κ2) is 4.97. The van der Waals surface area contributed by atoms with Crippen LogP contribution in [0.2, 0.25) is 0 Å². The third kappa shape index (κ3) is 2.60. The number of aromatic nitrogens is 2. The topological polar surface area (TPSA) is 57.8 Å². The van der Waals surface area contributed by atoms with Crippen molar-refractivity contribution >= 4 is 22.6 Å². The highest BCUT2D eigenvalue weighted by Gasteiger charge is 2.11. The van der Waals surface area contributed by atoms with Gasteiger partial charge in [-0.3, -0.25) is 4.79 Å². The van der Waals surface area contributed by atoms with Crippen molar-refractivity contribution < 1.29 is 13.6 Å². The number of aromatic amines is 1. The summed E-state index contributed by atoms with van der Waals surface area (Å²) in [5.74, 6) is -1.05. The van der Waals surface area contributed by atoms with Gasteiger partial charge in [0.15, 0.2) is 0 Å². The summed E-state index contributed by atoms with van der Waals surface area (Å²) in [6.07, 6.45) is 0. The van der Waals surface area contributed by atoms with Gasteiger partial charge in [-0.2, -0.15) is 0 Å². The molecule has 6 heteroatoms. The molecule has 0 bridgehead atoms. The lowest BCUT2D eigenvalue weighted by Crippen LogP contribution is -2.05. The van der Waals surface area contributed by atoms with Gasteiger partial charge < -0.3 is 10.3 Å². The fraction of sp³-hybridized carbons (Fsp3) is 0.0667. The normalized spacial score (nSPS) is 10.8. The molecule has 0 radical (unpaired) electrons. The molecule has 3 rings (SSSR count). The van der Waals surface area contributed by atoms with Crippen LogP contribution in [0, 0.1) is 11.6 Å². The van der Waals surface area contributed by atoms with Crippen molar-refractivity contribution in [1.82, 2.24) is 9.97 Å². The first-order chi connectivity index (χ1) is 10.0. The molecule has 0 aliphatic carbocycles. The van der Waals surface area contributed by atoms with Gasteiger partial charge in [0, 0.05) is 12.6 Å². The summed E-state index contributed by atoms with van der Waals surface area (Å²) in [6.45, 7) is 1.41. The van der Waals surface area contributed by atoms with Crippen LogP contribution in [-0.4, -0.2) is 15.9 Å². The smallest absolute Gasteiger partial charge is 0.221 e. The van der Waals surface area contributed by atoms with Gasteiger partial charge in [-0.15, -0.1) is 0 Å². The van der Waals surface area contributed by atoms with Crippen molar-refractivity contribution in [2.24, 2.45) is 0 Å². The van der Waals surface area contributed by atoms with Gasteiger partial charge in [-0.1, -0.05) is 0 Å². The number of amides is 1. The molecular formula is C15H11F2N3O. The number of benzene rings is 2. The van der Waals surface area contributed by atoms with E-state index in [1.54, 1.807) is 18.2 Å². The molecule has 2 aromatic carbocycles. The van der Waals surface area contributed by atoms with E-state index in [1.165, 1.54) is 6.92 Å². The zero-order valence-electron chi connectivity index (χ0n) is 11.1. The largest absolute Gasteiger partial charge is 0.338 e. The average molecular weight is 287 g/mol. The van der Waals surface area contributed by atoms with Crippen LogP contribution in [0.4, 0.5) is 14.5 Å². The van der Waals surface area contributed by atoms with Gasteiger partial charge in [-0.05, 0) is 36.4 Å². The van der Waals surface area contributed by atoms with Gasteiger partial charge in [0.25, 0.3) is 0 Å². The summed E-state index contributed by atoms with van der Waals surface area (Å²) in [4.78, 5) is 18.2. The van der Waals surface area contributed by atoms with Crippen molar-refractivity contribution in [1.29, 1.82) is 0 Å². The standard InChI is InChI=1S/C15H11F2N3O/c1-8(21)18-10-3-5-13-14(7-10)20-15(19-13)11-6-9(16)2-4-12(11)17/h2-7H,1H3,(H,18,21)(H,19,20). The number of H-pyrrole nitrogens is 1. The number of halogens is 2. The van der Waals surface area contributed by atoms with Crippen LogP contribution in [0.25, 0.3) is 22.4 Å². The van der Waals surface area contributed by atoms with Crippen molar-refractivity contribution in [3.8, 4) is 11.4 Å². The van der Waals surface area contributed by atoms with E-state index in [0.29, 0.717) is 16.7 Å². The molecule has 1 heterocycles. The number of nitrogens with one attached hydrogen (secondary N) is 2. The first-order valence-electron chi connectivity index (χ1n) is 6.26. The first kappa shape index (κ1) is 13.2. The van der Waals surface area contributed by atoms with Crippen LogP contribution >= 0.6 is 0 Å². The molecule has 2 N–H and O–H groups in total. The quantitative estimate of drug-likeness (QED) is 0.758. The fourth-order valence-corrected chi connectivity index (χ4v) is 2.10. The Balaban J connectivity index is 2.08. The highest BCUT2D eigenvalue weighted by atomic mass is 19.1. The van der Waals surface area contributed by atoms with E-state index in [2.05, 4.69) is 15.3 Å². The summed E-state index contributed by atoms with van der Waals surface area (Å²) in [5, 5.41) is 2.65. The molecule has 1 amide bonds. The Morgan fingerprint density at radius 2 is 2.00 bits per heavy atom. The Bertz CT molecular complexity index is 842. The summed E-state index contributed by atoms with van der Waals surface area (Å²) in [7, 11) is 0. The zero-order chi connectivity index (χ0) is 15.0. The van der Waals surface area contributed by atoms with Crippen molar-refractivity contribution in [3.05, 3.63) is 48.0 Å². The molecule has 0 aliphatic heterocycles. The Labute approximate surface area is 118 Å². The number of hydrogen-bond acceptors (Lipinski definition) is 2. The maximum atomic E-state index is 13.8. The second-order valence-corrected chi connectivity index (χ2v) is 4.62. The van der Waals surface area contributed by atoms with E-state index >= 15 is 0 Å². The second-order valence-electron chi connectivity index (χ2n) is 4.62. The van der Waals surface area contributed by atoms with Gasteiger partial charge in [0.2, 0.25) is 5.91 Å². The molecule has 3 aromatic rings. The monoisotopic (exact) mass is 287 g/mol. The maximum absolute atomic E-state index is 13.8. The number of imidazole rings is 1. The molecular weight excluding hydrogens is 276 g/mol. The average Bonchev–Trinajstić information content (AvgIpc) is 2.83. The van der Waals surface area contributed by atoms with Crippen LogP contribution in [0.5, 0.6) is 0 Å². The van der Waals surface area contributed by atoms with Crippen molar-refractivity contribution in [2.45, 2.75) is 6.92 Å². The van der Waals surface area contributed by atoms with Crippen LogP contribution in [0.1, 0.15) is 6.92 Å². The van der Waals surface area contributed by atoms with E-state index in [-0.39, 0.29) is 17.3 Å². The van der Waals surface area contributed by atoms with Crippen LogP contribution in [0.3, 0.4) is 0 Å². The molecule has 0 aliphatic rings. The summed E-state index contributed by atoms with van der Waals surface area (Å²) < 4.78 is 27.0. The summed E-state index contributed by atoms with van der Waals surface area (Å²) in [5.41, 5.74) is 1.89. The number of rotatable bonds is 2. The van der Waals surface area contributed by atoms with Crippen LogP contribution < -0.4 is 5.32 Å². The van der Waals surface area contributed by atoms with Gasteiger partial charge in [-0.25, -0.2) is 13.8 Å². The van der Waals surface area contributed by atoms with E-state index in [9.17, 15) is 13.6 Å². The minimum absolute atomic E-state index is 0.0623. The molecule has 0 saturated carbocycles. The molecule has 0 unspecified atom stereocenters. The van der Waals surface area contributed by atoms with Crippen molar-refractivity contribution in [2.75, 3.05) is 5.32 Å². The summed E-state index contributed by atoms with van der Waals surface area (Å²) >= 11 is 0. The predicted molar refractivity (Wildman–Crippen MR) is 75.7 cm³/mol. The predicted octanol–water partition coefficient (Wildman–Crippen LogP) is 3.47. The Hall–Kier alpha value is -2.76. The number of carbonyl (C=O) groups is 1. The molecule has 0 saturated heterocycles. The molecule has 106 valence electrons. The highest BCUT2D eigenvalue weighted by Crippen LogP contribution is 2.25. The van der Waals surface area contributed by atoms with Gasteiger partial charge in [0.1, 0.15) is 17.5 Å². The Kier molecular flexibility index (Phi) is 3.13. The number of hydrogen-bond donors (Lipinski definition) is 2. The van der Waals surface area contributed by atoms with E-state index < -0.39 is 11.6 Å². The minimum atomic E-state index is -0.558. The van der Waals surface area contributed by atoms with Gasteiger partial charge >= 0.3 is 0 Å². The minimum Gasteiger partial charge on any atom is -0.338 e. The lowest BCUT2D eigenvalue weighted by atomic mass is 10.2. The van der Waals surface area contributed by atoms with Crippen LogP contribution in [-0.2, 0) is 4.79 Å². The molecule has 4 nitrogen and oxygen atoms in total. The number of nitrogens with zero attached hydrogens (tertiary/aromatic N) is 1. The zero-order valence-corrected chi connectivity index (χ0v) is 11.1. The van der Waals surface area contributed by atoms with E-state index in [0.717, 1.165) is 18.2 Å². The number of anilines is 1. The third-order valence-corrected chi connectivity index (χ3v) is 2.99. The van der Waals surface area contributed by atoms with Crippen molar-refractivity contribution in [3.63, 3.8) is 0 Å². The lowest BCUT2D eigenvalue weighted by Gasteiger charge is -2.00. The van der Waals surface area contributed by atoms with E-state index in [1.807, 2.05) is 0 Å². The first-order valence-corrected chi connectivity index (χ1v) is 6.26. The summed E-state index contributed by atoms with van der Waals surface area (Å²) in [6, 6.07) is 8.26. The Morgan fingerprint density at radius 1 is 1.19 bits per heavy atom. The van der Waals surface area contributed by atoms with Crippen LogP contribution in [0.15, 0.2) is 36.4 Å². The number of carbonyl (C=O) groups excluding carboxylic acids is 1. The van der Waals surface area contributed by atoms with Gasteiger partial charge in [0.05, 0.1) is 16.6 Å². The molecule has 1 aromatic heterocycles. The molecule has 0 atom stereocenters. The third-order valence-electron chi connectivity index (χ3n) is 2.99. The molecule has 0 fully saturated rings. The molecule has 0 spiro atoms. The highest BCUT2D eigenvalue weighted by molar-refractivity contribution is 5.92. The van der Waals surface area contributed by atoms with E-state index in [4.69, 9.17) is 0 Å². The lowest BCUT2D eigenvalue weighted by molar-refractivity contribution is -0.114. The molecule has 21 heavy (non-hydrogen) atoms.